The molecule has 2 rings (SSSR count). The van der Waals surface area contributed by atoms with Gasteiger partial charge in [0, 0.05) is 36.1 Å². The fraction of sp³-hybridized carbons (Fsp3) is 0.353. The second-order valence-electron chi connectivity index (χ2n) is 5.35. The van der Waals surface area contributed by atoms with Gasteiger partial charge in [-0.3, -0.25) is 9.88 Å². The molecule has 1 aromatic carbocycles. The summed E-state index contributed by atoms with van der Waals surface area (Å²) in [6, 6.07) is 10.8. The zero-order valence-corrected chi connectivity index (χ0v) is 12.8. The van der Waals surface area contributed by atoms with Gasteiger partial charge in [-0.25, -0.2) is 4.39 Å². The van der Waals surface area contributed by atoms with Gasteiger partial charge in [0.25, 0.3) is 0 Å². The number of benzene rings is 1. The predicted molar refractivity (Wildman–Crippen MR) is 83.3 cm³/mol. The highest BCUT2D eigenvalue weighted by Crippen LogP contribution is 2.29. The number of aryl methyl sites for hydroxylation is 1. The minimum atomic E-state index is -0.186. The largest absolute Gasteiger partial charge is 0.329 e. The number of pyridine rings is 1. The molecule has 0 fully saturated rings. The third-order valence-electron chi connectivity index (χ3n) is 4.00. The SMILES string of the molecule is Cc1ccc(C(CN)N(C)C(C)c2ccccc2F)cn1. The summed E-state index contributed by atoms with van der Waals surface area (Å²) in [7, 11) is 1.97. The molecule has 0 saturated carbocycles. The molecule has 112 valence electrons. The first-order valence-corrected chi connectivity index (χ1v) is 7.13. The summed E-state index contributed by atoms with van der Waals surface area (Å²) in [5, 5.41) is 0. The number of hydrogen-bond acceptors (Lipinski definition) is 3. The van der Waals surface area contributed by atoms with Gasteiger partial charge in [0.2, 0.25) is 0 Å². The van der Waals surface area contributed by atoms with Crippen LogP contribution < -0.4 is 5.73 Å². The Morgan fingerprint density at radius 3 is 2.52 bits per heavy atom. The first kappa shape index (κ1) is 15.6. The van der Waals surface area contributed by atoms with Crippen LogP contribution in [0.5, 0.6) is 0 Å². The molecule has 2 aromatic rings. The number of aromatic nitrogens is 1. The summed E-state index contributed by atoms with van der Waals surface area (Å²) >= 11 is 0. The van der Waals surface area contributed by atoms with E-state index in [1.807, 2.05) is 51.4 Å². The first-order chi connectivity index (χ1) is 10.0. The first-order valence-electron chi connectivity index (χ1n) is 7.13. The Hall–Kier alpha value is -1.78. The van der Waals surface area contributed by atoms with Crippen molar-refractivity contribution in [1.29, 1.82) is 0 Å². The average Bonchev–Trinajstić information content (AvgIpc) is 2.49. The van der Waals surface area contributed by atoms with Crippen molar-refractivity contribution in [3.63, 3.8) is 0 Å². The van der Waals surface area contributed by atoms with Gasteiger partial charge in [0.05, 0.1) is 0 Å². The highest BCUT2D eigenvalue weighted by Gasteiger charge is 2.23. The normalized spacial score (nSPS) is 14.2. The van der Waals surface area contributed by atoms with E-state index in [9.17, 15) is 4.39 Å². The van der Waals surface area contributed by atoms with Crippen LogP contribution in [0.15, 0.2) is 42.6 Å². The van der Waals surface area contributed by atoms with Crippen molar-refractivity contribution in [3.8, 4) is 0 Å². The van der Waals surface area contributed by atoms with E-state index in [-0.39, 0.29) is 17.9 Å². The smallest absolute Gasteiger partial charge is 0.127 e. The zero-order chi connectivity index (χ0) is 15.4. The van der Waals surface area contributed by atoms with Crippen LogP contribution in [-0.4, -0.2) is 23.5 Å². The molecule has 2 unspecified atom stereocenters. The molecule has 4 heteroatoms. The third kappa shape index (κ3) is 3.46. The summed E-state index contributed by atoms with van der Waals surface area (Å²) in [6.07, 6.45) is 1.84. The van der Waals surface area contributed by atoms with Crippen molar-refractivity contribution in [2.45, 2.75) is 25.9 Å². The Morgan fingerprint density at radius 1 is 1.24 bits per heavy atom. The lowest BCUT2D eigenvalue weighted by Gasteiger charge is -2.33. The molecule has 0 aliphatic heterocycles. The summed E-state index contributed by atoms with van der Waals surface area (Å²) in [6.45, 7) is 4.40. The highest BCUT2D eigenvalue weighted by atomic mass is 19.1. The Bertz CT molecular complexity index is 583. The molecule has 0 spiro atoms. The van der Waals surface area contributed by atoms with Crippen LogP contribution in [-0.2, 0) is 0 Å². The topological polar surface area (TPSA) is 42.1 Å². The summed E-state index contributed by atoms with van der Waals surface area (Å²) < 4.78 is 14.0. The maximum Gasteiger partial charge on any atom is 0.127 e. The molecule has 0 bridgehead atoms. The summed E-state index contributed by atoms with van der Waals surface area (Å²) in [4.78, 5) is 6.41. The molecule has 2 N–H and O–H groups in total. The van der Waals surface area contributed by atoms with E-state index in [1.54, 1.807) is 6.07 Å². The van der Waals surface area contributed by atoms with E-state index < -0.39 is 0 Å². The number of likely N-dealkylation sites (N-methyl/N-ethyl adjacent to an activating group) is 1. The van der Waals surface area contributed by atoms with Crippen LogP contribution in [0, 0.1) is 12.7 Å². The number of hydrogen-bond donors (Lipinski definition) is 1. The maximum atomic E-state index is 14.0. The second-order valence-corrected chi connectivity index (χ2v) is 5.35. The summed E-state index contributed by atoms with van der Waals surface area (Å²) in [5.74, 6) is -0.186. The number of rotatable bonds is 5. The highest BCUT2D eigenvalue weighted by molar-refractivity contribution is 5.23. The van der Waals surface area contributed by atoms with E-state index in [1.165, 1.54) is 6.07 Å². The van der Waals surface area contributed by atoms with Crippen LogP contribution in [0.25, 0.3) is 0 Å². The Labute approximate surface area is 125 Å². The lowest BCUT2D eigenvalue weighted by molar-refractivity contribution is 0.186. The quantitative estimate of drug-likeness (QED) is 0.918. The molecule has 0 aliphatic rings. The molecule has 2 atom stereocenters. The molecule has 0 aliphatic carbocycles. The fourth-order valence-corrected chi connectivity index (χ4v) is 2.52. The predicted octanol–water partition coefficient (Wildman–Crippen LogP) is 3.22. The molecule has 0 saturated heterocycles. The van der Waals surface area contributed by atoms with Gasteiger partial charge in [-0.15, -0.1) is 0 Å². The molecular weight excluding hydrogens is 265 g/mol. The molecule has 21 heavy (non-hydrogen) atoms. The molecule has 1 aromatic heterocycles. The molecular formula is C17H22FN3. The minimum absolute atomic E-state index is 0.00714. The van der Waals surface area contributed by atoms with E-state index in [0.717, 1.165) is 11.3 Å². The van der Waals surface area contributed by atoms with E-state index in [0.29, 0.717) is 12.1 Å². The molecule has 3 nitrogen and oxygen atoms in total. The summed E-state index contributed by atoms with van der Waals surface area (Å²) in [5.41, 5.74) is 8.64. The van der Waals surface area contributed by atoms with Crippen LogP contribution in [0.3, 0.4) is 0 Å². The van der Waals surface area contributed by atoms with Crippen LogP contribution >= 0.6 is 0 Å². The van der Waals surface area contributed by atoms with E-state index in [2.05, 4.69) is 9.88 Å². The van der Waals surface area contributed by atoms with Crippen LogP contribution in [0.4, 0.5) is 4.39 Å². The van der Waals surface area contributed by atoms with Crippen molar-refractivity contribution in [1.82, 2.24) is 9.88 Å². The lowest BCUT2D eigenvalue weighted by Crippen LogP contribution is -2.33. The fourth-order valence-electron chi connectivity index (χ4n) is 2.52. The average molecular weight is 287 g/mol. The van der Waals surface area contributed by atoms with Crippen LogP contribution in [0.2, 0.25) is 0 Å². The molecule has 0 amide bonds. The Kier molecular flexibility index (Phi) is 5.04. The number of nitrogens with two attached hydrogens (primary N) is 1. The van der Waals surface area contributed by atoms with Gasteiger partial charge in [0.1, 0.15) is 5.82 Å². The zero-order valence-electron chi connectivity index (χ0n) is 12.8. The van der Waals surface area contributed by atoms with Crippen molar-refractivity contribution in [3.05, 3.63) is 65.2 Å². The van der Waals surface area contributed by atoms with E-state index >= 15 is 0 Å². The van der Waals surface area contributed by atoms with Gasteiger partial charge in [0.15, 0.2) is 0 Å². The van der Waals surface area contributed by atoms with Crippen molar-refractivity contribution in [2.24, 2.45) is 5.73 Å². The Balaban J connectivity index is 2.25. The van der Waals surface area contributed by atoms with E-state index in [4.69, 9.17) is 5.73 Å². The molecule has 0 radical (unpaired) electrons. The third-order valence-corrected chi connectivity index (χ3v) is 4.00. The molecule has 1 heterocycles. The van der Waals surface area contributed by atoms with Crippen LogP contribution in [0.1, 0.15) is 35.8 Å². The van der Waals surface area contributed by atoms with Crippen molar-refractivity contribution in [2.75, 3.05) is 13.6 Å². The Morgan fingerprint density at radius 2 is 1.95 bits per heavy atom. The maximum absolute atomic E-state index is 14.0. The van der Waals surface area contributed by atoms with Crippen molar-refractivity contribution >= 4 is 0 Å². The van der Waals surface area contributed by atoms with Gasteiger partial charge in [-0.1, -0.05) is 24.3 Å². The number of nitrogens with zero attached hydrogens (tertiary/aromatic N) is 2. The minimum Gasteiger partial charge on any atom is -0.329 e. The van der Waals surface area contributed by atoms with Gasteiger partial charge < -0.3 is 5.73 Å². The second kappa shape index (κ2) is 6.78. The van der Waals surface area contributed by atoms with Crippen molar-refractivity contribution < 1.29 is 4.39 Å². The number of halogens is 1. The monoisotopic (exact) mass is 287 g/mol. The van der Waals surface area contributed by atoms with Gasteiger partial charge in [-0.2, -0.15) is 0 Å². The standard InChI is InChI=1S/C17H22FN3/c1-12-8-9-14(11-20-12)17(10-19)21(3)13(2)15-6-4-5-7-16(15)18/h4-9,11,13,17H,10,19H2,1-3H3. The van der Waals surface area contributed by atoms with Gasteiger partial charge >= 0.3 is 0 Å². The lowest BCUT2D eigenvalue weighted by atomic mass is 10.0. The van der Waals surface area contributed by atoms with Gasteiger partial charge in [-0.05, 0) is 38.6 Å².